The van der Waals surface area contributed by atoms with Gasteiger partial charge in [-0.05, 0) is 23.6 Å². The monoisotopic (exact) mass is 419 g/mol. The van der Waals surface area contributed by atoms with Gasteiger partial charge in [0.15, 0.2) is 6.10 Å². The van der Waals surface area contributed by atoms with Crippen molar-refractivity contribution < 1.29 is 28.5 Å². The van der Waals surface area contributed by atoms with Crippen molar-refractivity contribution in [2.75, 3.05) is 44.8 Å². The van der Waals surface area contributed by atoms with E-state index in [0.717, 1.165) is 0 Å². The third-order valence-corrected chi connectivity index (χ3v) is 5.70. The van der Waals surface area contributed by atoms with Crippen molar-refractivity contribution in [3.05, 3.63) is 29.8 Å². The van der Waals surface area contributed by atoms with E-state index in [4.69, 9.17) is 18.9 Å². The fourth-order valence-corrected chi connectivity index (χ4v) is 3.94. The first kappa shape index (κ1) is 20.9. The van der Waals surface area contributed by atoms with Gasteiger partial charge < -0.3 is 29.2 Å². The molecule has 4 unspecified atom stereocenters. The number of anilines is 1. The van der Waals surface area contributed by atoms with E-state index in [2.05, 4.69) is 24.5 Å². The maximum atomic E-state index is 12.4. The van der Waals surface area contributed by atoms with Gasteiger partial charge in [-0.15, -0.1) is 0 Å². The quantitative estimate of drug-likeness (QED) is 0.774. The topological polar surface area (TPSA) is 98.4 Å². The fraction of sp³-hybridized carbons (Fsp3) is 0.619. The summed E-state index contributed by atoms with van der Waals surface area (Å²) in [5.74, 6) is 0.426. The Balaban J connectivity index is 1.27. The van der Waals surface area contributed by atoms with Crippen molar-refractivity contribution in [2.45, 2.75) is 44.1 Å². The van der Waals surface area contributed by atoms with Crippen LogP contribution in [0, 0.1) is 0 Å². The standard InChI is InChI=1S/C21H29N3O6/c1-13(2)14-3-5-15(6-4-14)22-21(26)30-17-12-29-18-16(11-28-19(17)18)23-20(25)24-7-9-27-10-8-24/h3-6,13,16-19H,7-12H2,1-2H3,(H,22,26)(H,23,25). The largest absolute Gasteiger partial charge is 0.441 e. The van der Waals surface area contributed by atoms with Crippen LogP contribution in [-0.2, 0) is 18.9 Å². The molecule has 4 atom stereocenters. The number of carbonyl (C=O) groups excluding carboxylic acids is 2. The molecule has 0 saturated carbocycles. The van der Waals surface area contributed by atoms with Crippen LogP contribution < -0.4 is 10.6 Å². The van der Waals surface area contributed by atoms with E-state index in [1.54, 1.807) is 4.90 Å². The number of hydrogen-bond acceptors (Lipinski definition) is 6. The predicted molar refractivity (Wildman–Crippen MR) is 109 cm³/mol. The van der Waals surface area contributed by atoms with Crippen molar-refractivity contribution in [1.29, 1.82) is 0 Å². The Hall–Kier alpha value is -2.36. The van der Waals surface area contributed by atoms with Crippen LogP contribution in [-0.4, -0.2) is 80.9 Å². The molecule has 0 spiro atoms. The van der Waals surface area contributed by atoms with E-state index >= 15 is 0 Å². The zero-order valence-electron chi connectivity index (χ0n) is 17.3. The summed E-state index contributed by atoms with van der Waals surface area (Å²) >= 11 is 0. The Bertz CT molecular complexity index is 750. The predicted octanol–water partition coefficient (Wildman–Crippen LogP) is 1.94. The van der Waals surface area contributed by atoms with Crippen LogP contribution in [0.5, 0.6) is 0 Å². The van der Waals surface area contributed by atoms with Gasteiger partial charge in [-0.3, -0.25) is 5.32 Å². The summed E-state index contributed by atoms with van der Waals surface area (Å²) in [6, 6.07) is 7.25. The molecule has 0 aliphatic carbocycles. The van der Waals surface area contributed by atoms with Crippen molar-refractivity contribution in [3.8, 4) is 0 Å². The summed E-state index contributed by atoms with van der Waals surface area (Å²) in [5.41, 5.74) is 1.87. The molecule has 9 heteroatoms. The molecule has 3 saturated heterocycles. The summed E-state index contributed by atoms with van der Waals surface area (Å²) in [7, 11) is 0. The van der Waals surface area contributed by atoms with Gasteiger partial charge in [-0.25, -0.2) is 9.59 Å². The Morgan fingerprint density at radius 2 is 1.77 bits per heavy atom. The molecule has 1 aromatic carbocycles. The highest BCUT2D eigenvalue weighted by Gasteiger charge is 2.50. The molecule has 1 aromatic rings. The van der Waals surface area contributed by atoms with Crippen LogP contribution in [0.1, 0.15) is 25.3 Å². The van der Waals surface area contributed by atoms with Gasteiger partial charge in [0, 0.05) is 18.8 Å². The molecule has 3 aliphatic rings. The van der Waals surface area contributed by atoms with E-state index in [1.807, 2.05) is 24.3 Å². The second-order valence-electron chi connectivity index (χ2n) is 8.10. The SMILES string of the molecule is CC(C)c1ccc(NC(=O)OC2COC3C(NC(=O)N4CCOCC4)COC23)cc1. The summed E-state index contributed by atoms with van der Waals surface area (Å²) < 4.78 is 22.4. The van der Waals surface area contributed by atoms with E-state index in [1.165, 1.54) is 5.56 Å². The first-order chi connectivity index (χ1) is 14.5. The minimum absolute atomic E-state index is 0.150. The third-order valence-electron chi connectivity index (χ3n) is 5.70. The van der Waals surface area contributed by atoms with Gasteiger partial charge >= 0.3 is 12.1 Å². The number of urea groups is 1. The van der Waals surface area contributed by atoms with Gasteiger partial charge in [0.25, 0.3) is 0 Å². The van der Waals surface area contributed by atoms with Gasteiger partial charge in [-0.1, -0.05) is 26.0 Å². The average Bonchev–Trinajstić information content (AvgIpc) is 3.32. The minimum Gasteiger partial charge on any atom is -0.441 e. The number of nitrogens with one attached hydrogen (secondary N) is 2. The lowest BCUT2D eigenvalue weighted by Crippen LogP contribution is -2.52. The van der Waals surface area contributed by atoms with E-state index in [9.17, 15) is 9.59 Å². The number of rotatable bonds is 4. The number of ether oxygens (including phenoxy) is 4. The number of hydrogen-bond donors (Lipinski definition) is 2. The molecule has 164 valence electrons. The Kier molecular flexibility index (Phi) is 6.40. The number of amides is 3. The van der Waals surface area contributed by atoms with Crippen molar-refractivity contribution in [3.63, 3.8) is 0 Å². The van der Waals surface area contributed by atoms with Gasteiger partial charge in [0.2, 0.25) is 0 Å². The van der Waals surface area contributed by atoms with E-state index in [-0.39, 0.29) is 24.8 Å². The van der Waals surface area contributed by atoms with E-state index in [0.29, 0.717) is 44.5 Å². The third kappa shape index (κ3) is 4.69. The first-order valence-electron chi connectivity index (χ1n) is 10.5. The van der Waals surface area contributed by atoms with Crippen LogP contribution >= 0.6 is 0 Å². The molecule has 4 rings (SSSR count). The molecule has 0 radical (unpaired) electrons. The van der Waals surface area contributed by atoms with Gasteiger partial charge in [0.05, 0.1) is 32.5 Å². The molecular weight excluding hydrogens is 390 g/mol. The summed E-state index contributed by atoms with van der Waals surface area (Å²) in [5, 5.41) is 5.71. The lowest BCUT2D eigenvalue weighted by molar-refractivity contribution is 0.00852. The number of carbonyl (C=O) groups is 2. The number of morpholine rings is 1. The molecule has 3 aliphatic heterocycles. The second kappa shape index (κ2) is 9.20. The zero-order chi connectivity index (χ0) is 21.1. The molecule has 0 aromatic heterocycles. The number of benzene rings is 1. The highest BCUT2D eigenvalue weighted by molar-refractivity contribution is 5.84. The highest BCUT2D eigenvalue weighted by atomic mass is 16.6. The van der Waals surface area contributed by atoms with Crippen LogP contribution in [0.4, 0.5) is 15.3 Å². The Morgan fingerprint density at radius 1 is 1.07 bits per heavy atom. The van der Waals surface area contributed by atoms with Crippen LogP contribution in [0.2, 0.25) is 0 Å². The summed E-state index contributed by atoms with van der Waals surface area (Å²) in [6.45, 7) is 7.01. The molecule has 3 heterocycles. The van der Waals surface area contributed by atoms with Crippen LogP contribution in [0.3, 0.4) is 0 Å². The van der Waals surface area contributed by atoms with Crippen molar-refractivity contribution in [2.24, 2.45) is 0 Å². The average molecular weight is 419 g/mol. The second-order valence-corrected chi connectivity index (χ2v) is 8.10. The molecule has 30 heavy (non-hydrogen) atoms. The summed E-state index contributed by atoms with van der Waals surface area (Å²) in [4.78, 5) is 26.5. The summed E-state index contributed by atoms with van der Waals surface area (Å²) in [6.07, 6.45) is -1.80. The Labute approximate surface area is 176 Å². The van der Waals surface area contributed by atoms with Gasteiger partial charge in [0.1, 0.15) is 12.2 Å². The molecule has 3 fully saturated rings. The first-order valence-corrected chi connectivity index (χ1v) is 10.5. The van der Waals surface area contributed by atoms with E-state index < -0.39 is 18.3 Å². The Morgan fingerprint density at radius 3 is 2.47 bits per heavy atom. The van der Waals surface area contributed by atoms with Crippen LogP contribution in [0.15, 0.2) is 24.3 Å². The molecule has 2 N–H and O–H groups in total. The van der Waals surface area contributed by atoms with Gasteiger partial charge in [-0.2, -0.15) is 0 Å². The lowest BCUT2D eigenvalue weighted by atomic mass is 10.0. The lowest BCUT2D eigenvalue weighted by Gasteiger charge is -2.29. The number of fused-ring (bicyclic) bond motifs is 1. The minimum atomic E-state index is -0.550. The van der Waals surface area contributed by atoms with Crippen molar-refractivity contribution in [1.82, 2.24) is 10.2 Å². The maximum absolute atomic E-state index is 12.4. The smallest absolute Gasteiger partial charge is 0.412 e. The molecule has 3 amide bonds. The normalized spacial score (nSPS) is 28.3. The molecule has 9 nitrogen and oxygen atoms in total. The highest BCUT2D eigenvalue weighted by Crippen LogP contribution is 2.29. The fourth-order valence-electron chi connectivity index (χ4n) is 3.94. The number of nitrogens with zero attached hydrogens (tertiary/aromatic N) is 1. The van der Waals surface area contributed by atoms with Crippen molar-refractivity contribution >= 4 is 17.8 Å². The zero-order valence-corrected chi connectivity index (χ0v) is 17.3. The molecular formula is C21H29N3O6. The molecule has 0 bridgehead atoms. The maximum Gasteiger partial charge on any atom is 0.412 e. The van der Waals surface area contributed by atoms with Crippen LogP contribution in [0.25, 0.3) is 0 Å².